The van der Waals surface area contributed by atoms with E-state index in [-0.39, 0.29) is 23.8 Å². The highest BCUT2D eigenvalue weighted by molar-refractivity contribution is 7.89. The highest BCUT2D eigenvalue weighted by Crippen LogP contribution is 2.16. The van der Waals surface area contributed by atoms with Gasteiger partial charge in [0.15, 0.2) is 0 Å². The number of imidazole rings is 1. The maximum atomic E-state index is 13.0. The van der Waals surface area contributed by atoms with Crippen LogP contribution < -0.4 is 10.0 Å². The number of nitrogens with one attached hydrogen (secondary N) is 2. The molecule has 2 aromatic carbocycles. The summed E-state index contributed by atoms with van der Waals surface area (Å²) in [4.78, 5) is 28.5. The van der Waals surface area contributed by atoms with E-state index in [9.17, 15) is 18.0 Å². The van der Waals surface area contributed by atoms with Crippen LogP contribution in [0.5, 0.6) is 0 Å². The summed E-state index contributed by atoms with van der Waals surface area (Å²) >= 11 is 5.84. The van der Waals surface area contributed by atoms with Crippen LogP contribution in [0, 0.1) is 0 Å². The molecule has 0 bridgehead atoms. The van der Waals surface area contributed by atoms with Crippen LogP contribution in [-0.4, -0.2) is 42.5 Å². The smallest absolute Gasteiger partial charge is 0.310 e. The van der Waals surface area contributed by atoms with E-state index in [4.69, 9.17) is 16.3 Å². The average Bonchev–Trinajstić information content (AvgIpc) is 3.28. The predicted molar refractivity (Wildman–Crippen MR) is 123 cm³/mol. The van der Waals surface area contributed by atoms with Crippen LogP contribution in [0.25, 0.3) is 0 Å². The number of hydrogen-bond donors (Lipinski definition) is 2. The van der Waals surface area contributed by atoms with Crippen molar-refractivity contribution in [1.82, 2.24) is 14.3 Å². The van der Waals surface area contributed by atoms with Gasteiger partial charge in [0.05, 0.1) is 24.3 Å². The van der Waals surface area contributed by atoms with Gasteiger partial charge in [-0.2, -0.15) is 4.72 Å². The number of ether oxygens (including phenoxy) is 1. The Kier molecular flexibility index (Phi) is 8.21. The van der Waals surface area contributed by atoms with E-state index < -0.39 is 22.0 Å². The van der Waals surface area contributed by atoms with Crippen molar-refractivity contribution < 1.29 is 22.7 Å². The van der Waals surface area contributed by atoms with Gasteiger partial charge in [0, 0.05) is 29.6 Å². The predicted octanol–water partition coefficient (Wildman–Crippen LogP) is 2.63. The molecule has 1 unspecified atom stereocenters. The summed E-state index contributed by atoms with van der Waals surface area (Å²) in [7, 11) is -4.00. The molecule has 174 valence electrons. The summed E-state index contributed by atoms with van der Waals surface area (Å²) in [6, 6.07) is 11.2. The Hall–Kier alpha value is -3.21. The fourth-order valence-corrected chi connectivity index (χ4v) is 4.27. The number of hydrogen-bond acceptors (Lipinski definition) is 6. The van der Waals surface area contributed by atoms with Gasteiger partial charge in [-0.3, -0.25) is 9.59 Å². The Labute approximate surface area is 196 Å². The molecule has 33 heavy (non-hydrogen) atoms. The van der Waals surface area contributed by atoms with Gasteiger partial charge in [0.2, 0.25) is 15.9 Å². The Bertz CT molecular complexity index is 1180. The molecule has 2 N–H and O–H groups in total. The van der Waals surface area contributed by atoms with E-state index in [1.165, 1.54) is 36.8 Å². The SMILES string of the molecule is CCOC(=O)Cc1ccc(NC(=O)C(Cn2ccnc2)NS(=O)(=O)c2ccc(Cl)cc2)cc1. The van der Waals surface area contributed by atoms with Crippen LogP contribution in [0.3, 0.4) is 0 Å². The number of anilines is 1. The largest absolute Gasteiger partial charge is 0.466 e. The van der Waals surface area contributed by atoms with Gasteiger partial charge in [0.1, 0.15) is 6.04 Å². The first-order valence-corrected chi connectivity index (χ1v) is 11.9. The summed E-state index contributed by atoms with van der Waals surface area (Å²) < 4.78 is 34.6. The maximum Gasteiger partial charge on any atom is 0.310 e. The van der Waals surface area contributed by atoms with E-state index in [0.29, 0.717) is 17.3 Å². The third kappa shape index (κ3) is 7.14. The molecule has 1 amide bonds. The fourth-order valence-electron chi connectivity index (χ4n) is 2.96. The summed E-state index contributed by atoms with van der Waals surface area (Å²) in [5.74, 6) is -0.898. The van der Waals surface area contributed by atoms with Crippen molar-refractivity contribution in [2.75, 3.05) is 11.9 Å². The van der Waals surface area contributed by atoms with Gasteiger partial charge in [-0.25, -0.2) is 13.4 Å². The van der Waals surface area contributed by atoms with Crippen LogP contribution in [0.1, 0.15) is 12.5 Å². The molecule has 0 spiro atoms. The number of nitrogens with zero attached hydrogens (tertiary/aromatic N) is 2. The van der Waals surface area contributed by atoms with Crippen LogP contribution in [-0.2, 0) is 37.3 Å². The quantitative estimate of drug-likeness (QED) is 0.422. The first-order valence-electron chi connectivity index (χ1n) is 10.1. The number of esters is 1. The van der Waals surface area contributed by atoms with Crippen LogP contribution >= 0.6 is 11.6 Å². The van der Waals surface area contributed by atoms with Crippen molar-refractivity contribution in [3.63, 3.8) is 0 Å². The lowest BCUT2D eigenvalue weighted by Crippen LogP contribution is -2.46. The molecule has 11 heteroatoms. The van der Waals surface area contributed by atoms with E-state index in [1.54, 1.807) is 42.0 Å². The van der Waals surface area contributed by atoms with Crippen LogP contribution in [0.4, 0.5) is 5.69 Å². The Morgan fingerprint density at radius 1 is 1.12 bits per heavy atom. The molecule has 9 nitrogen and oxygen atoms in total. The van der Waals surface area contributed by atoms with E-state index in [2.05, 4.69) is 15.0 Å². The van der Waals surface area contributed by atoms with Gasteiger partial charge in [-0.1, -0.05) is 23.7 Å². The molecule has 3 rings (SSSR count). The first kappa shape index (κ1) is 24.4. The summed E-state index contributed by atoms with van der Waals surface area (Å²) in [5.41, 5.74) is 1.18. The Morgan fingerprint density at radius 2 is 1.82 bits per heavy atom. The standard InChI is InChI=1S/C22H23ClN4O5S/c1-2-32-21(28)13-16-3-7-18(8-4-16)25-22(29)20(14-27-12-11-24-15-27)26-33(30,31)19-9-5-17(23)6-10-19/h3-12,15,20,26H,2,13-14H2,1H3,(H,25,29). The van der Waals surface area contributed by atoms with Gasteiger partial charge in [0.25, 0.3) is 0 Å². The zero-order valence-electron chi connectivity index (χ0n) is 17.8. The minimum atomic E-state index is -4.00. The fraction of sp³-hybridized carbons (Fsp3) is 0.227. The number of rotatable bonds is 10. The normalized spacial score (nSPS) is 12.2. The topological polar surface area (TPSA) is 119 Å². The third-order valence-corrected chi connectivity index (χ3v) is 6.31. The number of sulfonamides is 1. The lowest BCUT2D eigenvalue weighted by atomic mass is 10.1. The number of carbonyl (C=O) groups is 2. The zero-order chi connectivity index (χ0) is 23.8. The molecule has 0 fully saturated rings. The maximum absolute atomic E-state index is 13.0. The number of halogens is 1. The molecular weight excluding hydrogens is 468 g/mol. The minimum absolute atomic E-state index is 0.0151. The van der Waals surface area contributed by atoms with Gasteiger partial charge >= 0.3 is 5.97 Å². The molecule has 1 aromatic heterocycles. The second kappa shape index (κ2) is 11.1. The van der Waals surface area contributed by atoms with Crippen molar-refractivity contribution in [3.8, 4) is 0 Å². The zero-order valence-corrected chi connectivity index (χ0v) is 19.3. The molecule has 0 aliphatic rings. The number of aromatic nitrogens is 2. The molecule has 1 atom stereocenters. The number of carbonyl (C=O) groups excluding carboxylic acids is 2. The van der Waals surface area contributed by atoms with Crippen LogP contribution in [0.15, 0.2) is 72.1 Å². The van der Waals surface area contributed by atoms with Crippen molar-refractivity contribution in [2.24, 2.45) is 0 Å². The van der Waals surface area contributed by atoms with E-state index >= 15 is 0 Å². The molecule has 0 aliphatic heterocycles. The minimum Gasteiger partial charge on any atom is -0.466 e. The van der Waals surface area contributed by atoms with Crippen molar-refractivity contribution in [3.05, 3.63) is 77.8 Å². The van der Waals surface area contributed by atoms with Crippen molar-refractivity contribution in [2.45, 2.75) is 30.8 Å². The molecule has 1 heterocycles. The summed E-state index contributed by atoms with van der Waals surface area (Å²) in [6.45, 7) is 2.06. The first-order chi connectivity index (χ1) is 15.8. The third-order valence-electron chi connectivity index (χ3n) is 4.57. The Balaban J connectivity index is 1.74. The van der Waals surface area contributed by atoms with E-state index in [0.717, 1.165) is 5.56 Å². The highest BCUT2D eigenvalue weighted by atomic mass is 35.5. The van der Waals surface area contributed by atoms with Gasteiger partial charge < -0.3 is 14.6 Å². The molecule has 0 radical (unpaired) electrons. The molecule has 0 aliphatic carbocycles. The highest BCUT2D eigenvalue weighted by Gasteiger charge is 2.26. The lowest BCUT2D eigenvalue weighted by molar-refractivity contribution is -0.142. The van der Waals surface area contributed by atoms with Crippen LogP contribution in [0.2, 0.25) is 5.02 Å². The Morgan fingerprint density at radius 3 is 2.42 bits per heavy atom. The van der Waals surface area contributed by atoms with Crippen molar-refractivity contribution in [1.29, 1.82) is 0 Å². The van der Waals surface area contributed by atoms with Gasteiger partial charge in [-0.15, -0.1) is 0 Å². The lowest BCUT2D eigenvalue weighted by Gasteiger charge is -2.19. The molecule has 0 saturated heterocycles. The second-order valence-electron chi connectivity index (χ2n) is 7.06. The average molecular weight is 491 g/mol. The molecule has 3 aromatic rings. The molecule has 0 saturated carbocycles. The second-order valence-corrected chi connectivity index (χ2v) is 9.21. The number of benzene rings is 2. The number of amides is 1. The van der Waals surface area contributed by atoms with Gasteiger partial charge in [-0.05, 0) is 48.9 Å². The molecular formula is C22H23ClN4O5S. The van der Waals surface area contributed by atoms with E-state index in [1.807, 2.05) is 0 Å². The van der Waals surface area contributed by atoms with Crippen molar-refractivity contribution >= 4 is 39.2 Å². The summed E-state index contributed by atoms with van der Waals surface area (Å²) in [5, 5.41) is 3.10. The summed E-state index contributed by atoms with van der Waals surface area (Å²) in [6.07, 6.45) is 4.76. The monoisotopic (exact) mass is 490 g/mol.